The molecule has 0 spiro atoms. The van der Waals surface area contributed by atoms with Crippen LogP contribution in [0.2, 0.25) is 10.0 Å². The molecule has 2 aromatic carbocycles. The fourth-order valence-corrected chi connectivity index (χ4v) is 4.96. The Kier molecular flexibility index (Phi) is 10.3. The number of halogens is 5. The number of hydrogen-bond acceptors (Lipinski definition) is 4. The lowest BCUT2D eigenvalue weighted by atomic mass is 10.1. The van der Waals surface area contributed by atoms with E-state index in [2.05, 4.69) is 5.32 Å². The number of carbonyl (C=O) groups is 2. The summed E-state index contributed by atoms with van der Waals surface area (Å²) in [7, 11) is -4.20. The third-order valence-electron chi connectivity index (χ3n) is 5.35. The van der Waals surface area contributed by atoms with Gasteiger partial charge in [0.1, 0.15) is 12.6 Å². The first-order valence-electron chi connectivity index (χ1n) is 11.2. The summed E-state index contributed by atoms with van der Waals surface area (Å²) in [4.78, 5) is 27.7. The van der Waals surface area contributed by atoms with Gasteiger partial charge in [-0.2, -0.15) is 13.2 Å². The van der Waals surface area contributed by atoms with Crippen LogP contribution < -0.4 is 9.62 Å². The van der Waals surface area contributed by atoms with Crippen LogP contribution in [0.4, 0.5) is 18.9 Å². The Bertz CT molecular complexity index is 1220. The maximum Gasteiger partial charge on any atom is 0.416 e. The lowest BCUT2D eigenvalue weighted by Crippen LogP contribution is -2.53. The standard InChI is InChI=1S/C24H28Cl2F3N3O4S/c1-5-21(23(34)30-15(2)3)31(13-18-19(25)10-7-11-20(18)26)22(33)14-32(37(4,35)36)17-9-6-8-16(12-17)24(27,28)29/h6-12,15,21H,5,13-14H2,1-4H3,(H,30,34)/t21-/m0/s1. The minimum atomic E-state index is -4.72. The predicted octanol–water partition coefficient (Wildman–Crippen LogP) is 5.11. The molecule has 0 aliphatic heterocycles. The number of benzene rings is 2. The van der Waals surface area contributed by atoms with Crippen LogP contribution in [0, 0.1) is 0 Å². The molecular formula is C24H28Cl2F3N3O4S. The van der Waals surface area contributed by atoms with Crippen molar-refractivity contribution in [2.45, 2.75) is 52.0 Å². The number of anilines is 1. The second kappa shape index (κ2) is 12.4. The summed E-state index contributed by atoms with van der Waals surface area (Å²) >= 11 is 12.6. The topological polar surface area (TPSA) is 86.8 Å². The lowest BCUT2D eigenvalue weighted by molar-refractivity contribution is -0.140. The highest BCUT2D eigenvalue weighted by atomic mass is 35.5. The van der Waals surface area contributed by atoms with Crippen molar-refractivity contribution in [2.75, 3.05) is 17.1 Å². The number of alkyl halides is 3. The van der Waals surface area contributed by atoms with E-state index in [9.17, 15) is 31.2 Å². The Labute approximate surface area is 224 Å². The highest BCUT2D eigenvalue weighted by Crippen LogP contribution is 2.32. The van der Waals surface area contributed by atoms with Gasteiger partial charge in [-0.25, -0.2) is 8.42 Å². The zero-order valence-corrected chi connectivity index (χ0v) is 23.0. The van der Waals surface area contributed by atoms with E-state index >= 15 is 0 Å². The largest absolute Gasteiger partial charge is 0.416 e. The number of hydrogen-bond donors (Lipinski definition) is 1. The third kappa shape index (κ3) is 8.24. The molecule has 1 atom stereocenters. The Hall–Kier alpha value is -2.50. The molecule has 2 rings (SSSR count). The van der Waals surface area contributed by atoms with Crippen LogP contribution >= 0.6 is 23.2 Å². The van der Waals surface area contributed by atoms with Crippen molar-refractivity contribution in [3.8, 4) is 0 Å². The molecule has 0 unspecified atom stereocenters. The SMILES string of the molecule is CC[C@@H](C(=O)NC(C)C)N(Cc1c(Cl)cccc1Cl)C(=O)CN(c1cccc(C(F)(F)F)c1)S(C)(=O)=O. The fourth-order valence-electron chi connectivity index (χ4n) is 3.61. The summed E-state index contributed by atoms with van der Waals surface area (Å²) in [5.74, 6) is -1.32. The molecular weight excluding hydrogens is 554 g/mol. The maximum absolute atomic E-state index is 13.6. The van der Waals surface area contributed by atoms with Crippen LogP contribution in [0.15, 0.2) is 42.5 Å². The fraction of sp³-hybridized carbons (Fsp3) is 0.417. The smallest absolute Gasteiger partial charge is 0.352 e. The molecule has 2 amide bonds. The van der Waals surface area contributed by atoms with Crippen LogP contribution in [0.5, 0.6) is 0 Å². The van der Waals surface area contributed by atoms with E-state index in [0.717, 1.165) is 29.4 Å². The van der Waals surface area contributed by atoms with Crippen molar-refractivity contribution >= 4 is 50.7 Å². The number of carbonyl (C=O) groups excluding carboxylic acids is 2. The van der Waals surface area contributed by atoms with Gasteiger partial charge in [0.2, 0.25) is 21.8 Å². The maximum atomic E-state index is 13.6. The summed E-state index contributed by atoms with van der Waals surface area (Å²) in [5, 5.41) is 3.18. The molecule has 2 aromatic rings. The van der Waals surface area contributed by atoms with Crippen LogP contribution in [-0.4, -0.2) is 50.0 Å². The Morgan fingerprint density at radius 3 is 2.11 bits per heavy atom. The van der Waals surface area contributed by atoms with Crippen molar-refractivity contribution in [2.24, 2.45) is 0 Å². The molecule has 0 bridgehead atoms. The van der Waals surface area contributed by atoms with Gasteiger partial charge in [-0.15, -0.1) is 0 Å². The highest BCUT2D eigenvalue weighted by molar-refractivity contribution is 7.92. The lowest BCUT2D eigenvalue weighted by Gasteiger charge is -2.33. The molecule has 1 N–H and O–H groups in total. The molecule has 204 valence electrons. The zero-order valence-electron chi connectivity index (χ0n) is 20.6. The van der Waals surface area contributed by atoms with E-state index in [-0.39, 0.29) is 34.7 Å². The minimum Gasteiger partial charge on any atom is -0.352 e. The van der Waals surface area contributed by atoms with Gasteiger partial charge in [-0.3, -0.25) is 13.9 Å². The van der Waals surface area contributed by atoms with Crippen molar-refractivity contribution in [1.29, 1.82) is 0 Å². The Morgan fingerprint density at radius 2 is 1.62 bits per heavy atom. The molecule has 37 heavy (non-hydrogen) atoms. The van der Waals surface area contributed by atoms with Crippen molar-refractivity contribution in [3.05, 3.63) is 63.6 Å². The molecule has 0 aliphatic carbocycles. The van der Waals surface area contributed by atoms with Crippen LogP contribution in [0.25, 0.3) is 0 Å². The van der Waals surface area contributed by atoms with Gasteiger partial charge >= 0.3 is 6.18 Å². The summed E-state index contributed by atoms with van der Waals surface area (Å²) < 4.78 is 65.6. The van der Waals surface area contributed by atoms with E-state index in [1.807, 2.05) is 0 Å². The minimum absolute atomic E-state index is 0.162. The van der Waals surface area contributed by atoms with Gasteiger partial charge in [0.15, 0.2) is 0 Å². The monoisotopic (exact) mass is 581 g/mol. The molecule has 0 saturated heterocycles. The third-order valence-corrected chi connectivity index (χ3v) is 7.20. The molecule has 7 nitrogen and oxygen atoms in total. The number of nitrogens with one attached hydrogen (secondary N) is 1. The van der Waals surface area contributed by atoms with Gasteiger partial charge in [0, 0.05) is 28.2 Å². The molecule has 0 saturated carbocycles. The van der Waals surface area contributed by atoms with Crippen molar-refractivity contribution < 1.29 is 31.2 Å². The van der Waals surface area contributed by atoms with Crippen LogP contribution in [-0.2, 0) is 32.3 Å². The summed E-state index contributed by atoms with van der Waals surface area (Å²) in [6.45, 7) is 4.05. The molecule has 0 aliphatic rings. The Morgan fingerprint density at radius 1 is 1.05 bits per heavy atom. The van der Waals surface area contributed by atoms with Gasteiger partial charge < -0.3 is 10.2 Å². The van der Waals surface area contributed by atoms with Crippen LogP contribution in [0.1, 0.15) is 38.3 Å². The first-order valence-corrected chi connectivity index (χ1v) is 13.8. The molecule has 0 fully saturated rings. The van der Waals surface area contributed by atoms with E-state index < -0.39 is 46.2 Å². The molecule has 0 aromatic heterocycles. The van der Waals surface area contributed by atoms with Crippen molar-refractivity contribution in [3.63, 3.8) is 0 Å². The van der Waals surface area contributed by atoms with Gasteiger partial charge in [-0.1, -0.05) is 42.3 Å². The number of nitrogens with zero attached hydrogens (tertiary/aromatic N) is 2. The normalized spacial score (nSPS) is 12.8. The highest BCUT2D eigenvalue weighted by Gasteiger charge is 2.34. The quantitative estimate of drug-likeness (QED) is 0.422. The number of rotatable bonds is 10. The van der Waals surface area contributed by atoms with E-state index in [0.29, 0.717) is 15.9 Å². The second-order valence-corrected chi connectivity index (χ2v) is 11.3. The Balaban J connectivity index is 2.55. The summed E-state index contributed by atoms with van der Waals surface area (Å²) in [6, 6.07) is 7.05. The zero-order chi connectivity index (χ0) is 28.1. The number of amides is 2. The number of sulfonamides is 1. The van der Waals surface area contributed by atoms with Gasteiger partial charge in [0.25, 0.3) is 0 Å². The first kappa shape index (κ1) is 30.7. The average Bonchev–Trinajstić information content (AvgIpc) is 2.77. The molecule has 0 heterocycles. The molecule has 0 radical (unpaired) electrons. The predicted molar refractivity (Wildman–Crippen MR) is 138 cm³/mol. The van der Waals surface area contributed by atoms with Crippen molar-refractivity contribution in [1.82, 2.24) is 10.2 Å². The summed E-state index contributed by atoms with van der Waals surface area (Å²) in [5.41, 5.74) is -1.09. The van der Waals surface area contributed by atoms with E-state index in [1.165, 1.54) is 0 Å². The molecule has 13 heteroatoms. The van der Waals surface area contributed by atoms with E-state index in [1.54, 1.807) is 39.0 Å². The second-order valence-electron chi connectivity index (χ2n) is 8.63. The van der Waals surface area contributed by atoms with E-state index in [4.69, 9.17) is 23.2 Å². The first-order chi connectivity index (χ1) is 17.1. The van der Waals surface area contributed by atoms with Gasteiger partial charge in [-0.05, 0) is 50.6 Å². The van der Waals surface area contributed by atoms with Crippen LogP contribution in [0.3, 0.4) is 0 Å². The van der Waals surface area contributed by atoms with Gasteiger partial charge in [0.05, 0.1) is 17.5 Å². The average molecular weight is 582 g/mol. The summed E-state index contributed by atoms with van der Waals surface area (Å²) in [6.07, 6.45) is -3.79.